The molecule has 0 radical (unpaired) electrons. The molecule has 1 fully saturated rings. The van der Waals surface area contributed by atoms with Crippen molar-refractivity contribution >= 4 is 28.4 Å². The number of fused-ring (bicyclic) bond motifs is 1. The molecule has 2 aromatic carbocycles. The number of hydrogen-bond acceptors (Lipinski definition) is 2. The molecule has 0 unspecified atom stereocenters. The maximum atomic E-state index is 13.8. The van der Waals surface area contributed by atoms with Gasteiger partial charge in [0, 0.05) is 16.9 Å². The number of para-hydroxylation sites is 1. The molecule has 2 amide bonds. The first-order chi connectivity index (χ1) is 12.1. The fourth-order valence-corrected chi connectivity index (χ4v) is 2.71. The lowest BCUT2D eigenvalue weighted by Gasteiger charge is -2.10. The molecule has 3 N–H and O–H groups in total. The van der Waals surface area contributed by atoms with Crippen LogP contribution in [0.15, 0.2) is 48.5 Å². The van der Waals surface area contributed by atoms with E-state index >= 15 is 0 Å². The van der Waals surface area contributed by atoms with Gasteiger partial charge in [-0.05, 0) is 43.2 Å². The van der Waals surface area contributed by atoms with Gasteiger partial charge in [0.25, 0.3) is 11.8 Å². The lowest BCUT2D eigenvalue weighted by atomic mass is 10.1. The van der Waals surface area contributed by atoms with Gasteiger partial charge in [-0.25, -0.2) is 4.39 Å². The van der Waals surface area contributed by atoms with Crippen molar-refractivity contribution in [1.82, 2.24) is 10.3 Å². The van der Waals surface area contributed by atoms with Crippen LogP contribution < -0.4 is 10.6 Å². The standard InChI is InChI=1S/C19H16FN3O2/c20-14-5-3-7-16-13(14)10-17(22-16)19(25)23-15-6-2-1-4-12(15)18(24)21-11-8-9-11/h1-7,10-11,22H,8-9H2,(H,21,24)(H,23,25). The van der Waals surface area contributed by atoms with Gasteiger partial charge in [0.15, 0.2) is 0 Å². The number of aromatic amines is 1. The maximum Gasteiger partial charge on any atom is 0.272 e. The molecule has 25 heavy (non-hydrogen) atoms. The number of carbonyl (C=O) groups excluding carboxylic acids is 2. The molecular formula is C19H16FN3O2. The monoisotopic (exact) mass is 337 g/mol. The molecular weight excluding hydrogens is 321 g/mol. The fraction of sp³-hybridized carbons (Fsp3) is 0.158. The molecule has 6 heteroatoms. The molecule has 0 aliphatic heterocycles. The molecule has 0 spiro atoms. The van der Waals surface area contributed by atoms with Crippen LogP contribution in [0, 0.1) is 5.82 Å². The minimum Gasteiger partial charge on any atom is -0.350 e. The zero-order valence-electron chi connectivity index (χ0n) is 13.3. The first kappa shape index (κ1) is 15.4. The highest BCUT2D eigenvalue weighted by Crippen LogP contribution is 2.23. The molecule has 0 bridgehead atoms. The van der Waals surface area contributed by atoms with Crippen molar-refractivity contribution in [3.63, 3.8) is 0 Å². The molecule has 126 valence electrons. The van der Waals surface area contributed by atoms with E-state index in [0.29, 0.717) is 22.2 Å². The summed E-state index contributed by atoms with van der Waals surface area (Å²) < 4.78 is 13.8. The molecule has 0 atom stereocenters. The fourth-order valence-electron chi connectivity index (χ4n) is 2.71. The first-order valence-electron chi connectivity index (χ1n) is 8.10. The molecule has 1 aliphatic rings. The smallest absolute Gasteiger partial charge is 0.272 e. The average molecular weight is 337 g/mol. The Kier molecular flexibility index (Phi) is 3.72. The van der Waals surface area contributed by atoms with Crippen LogP contribution >= 0.6 is 0 Å². The second kappa shape index (κ2) is 6.05. The summed E-state index contributed by atoms with van der Waals surface area (Å²) in [6, 6.07) is 13.1. The number of H-pyrrole nitrogens is 1. The summed E-state index contributed by atoms with van der Waals surface area (Å²) in [5, 5.41) is 5.99. The summed E-state index contributed by atoms with van der Waals surface area (Å²) in [5.41, 5.74) is 1.61. The van der Waals surface area contributed by atoms with E-state index in [1.54, 1.807) is 36.4 Å². The van der Waals surface area contributed by atoms with E-state index in [0.717, 1.165) is 12.8 Å². The second-order valence-electron chi connectivity index (χ2n) is 6.13. The molecule has 5 nitrogen and oxygen atoms in total. The predicted octanol–water partition coefficient (Wildman–Crippen LogP) is 3.45. The van der Waals surface area contributed by atoms with E-state index in [1.807, 2.05) is 0 Å². The van der Waals surface area contributed by atoms with Crippen molar-refractivity contribution in [2.45, 2.75) is 18.9 Å². The number of halogens is 1. The van der Waals surface area contributed by atoms with Gasteiger partial charge in [-0.1, -0.05) is 18.2 Å². The Morgan fingerprint density at radius 2 is 1.84 bits per heavy atom. The number of amides is 2. The van der Waals surface area contributed by atoms with Gasteiger partial charge in [-0.2, -0.15) is 0 Å². The molecule has 4 rings (SSSR count). The van der Waals surface area contributed by atoms with E-state index in [2.05, 4.69) is 15.6 Å². The van der Waals surface area contributed by atoms with Crippen LogP contribution in [0.3, 0.4) is 0 Å². The van der Waals surface area contributed by atoms with Crippen LogP contribution in [0.25, 0.3) is 10.9 Å². The number of anilines is 1. The summed E-state index contributed by atoms with van der Waals surface area (Å²) in [5.74, 6) is -1.03. The van der Waals surface area contributed by atoms with E-state index in [1.165, 1.54) is 12.1 Å². The van der Waals surface area contributed by atoms with Gasteiger partial charge >= 0.3 is 0 Å². The molecule has 1 heterocycles. The van der Waals surface area contributed by atoms with Crippen molar-refractivity contribution < 1.29 is 14.0 Å². The SMILES string of the molecule is O=C(Nc1ccccc1C(=O)NC1CC1)c1cc2c(F)cccc2[nH]1. The molecule has 1 aliphatic carbocycles. The third-order valence-corrected chi connectivity index (χ3v) is 4.19. The Labute approximate surface area is 143 Å². The molecule has 1 aromatic heterocycles. The van der Waals surface area contributed by atoms with Crippen molar-refractivity contribution in [3.05, 3.63) is 65.6 Å². The van der Waals surface area contributed by atoms with Gasteiger partial charge in [-0.3, -0.25) is 9.59 Å². The van der Waals surface area contributed by atoms with E-state index < -0.39 is 11.7 Å². The number of hydrogen-bond donors (Lipinski definition) is 3. The highest BCUT2D eigenvalue weighted by molar-refractivity contribution is 6.09. The van der Waals surface area contributed by atoms with Gasteiger partial charge in [0.1, 0.15) is 11.5 Å². The zero-order chi connectivity index (χ0) is 17.4. The Bertz CT molecular complexity index is 976. The Balaban J connectivity index is 1.59. The molecule has 0 saturated heterocycles. The lowest BCUT2D eigenvalue weighted by Crippen LogP contribution is -2.27. The largest absolute Gasteiger partial charge is 0.350 e. The summed E-state index contributed by atoms with van der Waals surface area (Å²) in [7, 11) is 0. The summed E-state index contributed by atoms with van der Waals surface area (Å²) >= 11 is 0. The molecule has 3 aromatic rings. The lowest BCUT2D eigenvalue weighted by molar-refractivity contribution is 0.0952. The van der Waals surface area contributed by atoms with Gasteiger partial charge in [0.05, 0.1) is 11.3 Å². The van der Waals surface area contributed by atoms with E-state index in [4.69, 9.17) is 0 Å². The van der Waals surface area contributed by atoms with Crippen LogP contribution in [0.2, 0.25) is 0 Å². The number of carbonyl (C=O) groups is 2. The number of nitrogens with one attached hydrogen (secondary N) is 3. The van der Waals surface area contributed by atoms with Gasteiger partial charge in [0.2, 0.25) is 0 Å². The predicted molar refractivity (Wildman–Crippen MR) is 93.1 cm³/mol. The van der Waals surface area contributed by atoms with Crippen molar-refractivity contribution in [1.29, 1.82) is 0 Å². The normalized spacial score (nSPS) is 13.6. The van der Waals surface area contributed by atoms with E-state index in [9.17, 15) is 14.0 Å². The number of aromatic nitrogens is 1. The van der Waals surface area contributed by atoms with Crippen molar-refractivity contribution in [2.75, 3.05) is 5.32 Å². The van der Waals surface area contributed by atoms with Crippen molar-refractivity contribution in [2.24, 2.45) is 0 Å². The summed E-state index contributed by atoms with van der Waals surface area (Å²) in [4.78, 5) is 27.7. The minimum absolute atomic E-state index is 0.207. The maximum absolute atomic E-state index is 13.8. The van der Waals surface area contributed by atoms with Crippen LogP contribution in [0.4, 0.5) is 10.1 Å². The second-order valence-corrected chi connectivity index (χ2v) is 6.13. The zero-order valence-corrected chi connectivity index (χ0v) is 13.3. The Hall–Kier alpha value is -3.15. The number of benzene rings is 2. The highest BCUT2D eigenvalue weighted by Gasteiger charge is 2.25. The summed E-state index contributed by atoms with van der Waals surface area (Å²) in [6.07, 6.45) is 1.97. The quantitative estimate of drug-likeness (QED) is 0.682. The highest BCUT2D eigenvalue weighted by atomic mass is 19.1. The van der Waals surface area contributed by atoms with Crippen molar-refractivity contribution in [3.8, 4) is 0 Å². The van der Waals surface area contributed by atoms with Crippen LogP contribution in [0.5, 0.6) is 0 Å². The van der Waals surface area contributed by atoms with Crippen LogP contribution in [0.1, 0.15) is 33.7 Å². The van der Waals surface area contributed by atoms with Crippen LogP contribution in [-0.4, -0.2) is 22.8 Å². The Morgan fingerprint density at radius 3 is 2.60 bits per heavy atom. The first-order valence-corrected chi connectivity index (χ1v) is 8.10. The van der Waals surface area contributed by atoms with Gasteiger partial charge in [-0.15, -0.1) is 0 Å². The number of rotatable bonds is 4. The third kappa shape index (κ3) is 3.10. The third-order valence-electron chi connectivity index (χ3n) is 4.19. The minimum atomic E-state index is -0.428. The average Bonchev–Trinajstić information content (AvgIpc) is 3.30. The Morgan fingerprint density at radius 1 is 1.04 bits per heavy atom. The molecule has 1 saturated carbocycles. The van der Waals surface area contributed by atoms with Gasteiger partial charge < -0.3 is 15.6 Å². The van der Waals surface area contributed by atoms with Crippen LogP contribution in [-0.2, 0) is 0 Å². The summed E-state index contributed by atoms with van der Waals surface area (Å²) in [6.45, 7) is 0. The van der Waals surface area contributed by atoms with E-state index in [-0.39, 0.29) is 17.6 Å². The topological polar surface area (TPSA) is 74.0 Å².